The number of nitrogens with zero attached hydrogens (tertiary/aromatic N) is 3. The van der Waals surface area contributed by atoms with Crippen molar-refractivity contribution in [2.75, 3.05) is 31.3 Å². The third-order valence-corrected chi connectivity index (χ3v) is 5.47. The average molecular weight is 428 g/mol. The first-order valence-corrected chi connectivity index (χ1v) is 10.3. The quantitative estimate of drug-likeness (QED) is 0.455. The van der Waals surface area contributed by atoms with E-state index in [2.05, 4.69) is 25.0 Å². The molecule has 0 spiro atoms. The van der Waals surface area contributed by atoms with Crippen LogP contribution in [-0.2, 0) is 14.8 Å². The fraction of sp³-hybridized carbons (Fsp3) is 0.158. The van der Waals surface area contributed by atoms with E-state index in [9.17, 15) is 13.2 Å². The highest BCUT2D eigenvalue weighted by Gasteiger charge is 2.17. The minimum Gasteiger partial charge on any atom is -0.383 e. The van der Waals surface area contributed by atoms with Crippen LogP contribution in [0.1, 0.15) is 10.5 Å². The molecule has 3 rings (SSSR count). The maximum Gasteiger partial charge on any atom is 0.278 e. The molecule has 0 saturated heterocycles. The predicted molar refractivity (Wildman–Crippen MR) is 111 cm³/mol. The van der Waals surface area contributed by atoms with Crippen molar-refractivity contribution in [1.29, 1.82) is 0 Å². The minimum absolute atomic E-state index is 0.0262. The molecule has 0 aliphatic carbocycles. The van der Waals surface area contributed by atoms with Gasteiger partial charge in [-0.1, -0.05) is 12.1 Å². The zero-order valence-corrected chi connectivity index (χ0v) is 16.9. The maximum absolute atomic E-state index is 12.5. The van der Waals surface area contributed by atoms with Gasteiger partial charge < -0.3 is 15.8 Å². The summed E-state index contributed by atoms with van der Waals surface area (Å²) >= 11 is 0. The second-order valence-corrected chi connectivity index (χ2v) is 7.87. The number of sulfonamides is 1. The van der Waals surface area contributed by atoms with Crippen LogP contribution in [-0.4, -0.2) is 49.5 Å². The summed E-state index contributed by atoms with van der Waals surface area (Å²) in [5, 5.41) is 2.65. The molecule has 0 bridgehead atoms. The van der Waals surface area contributed by atoms with Crippen LogP contribution in [0.4, 0.5) is 11.5 Å². The molecule has 1 aromatic carbocycles. The van der Waals surface area contributed by atoms with Crippen LogP contribution in [0.2, 0.25) is 0 Å². The Morgan fingerprint density at radius 3 is 2.60 bits per heavy atom. The lowest BCUT2D eigenvalue weighted by atomic mass is 10.1. The number of nitrogen functional groups attached to an aromatic ring is 1. The molecule has 2 heterocycles. The van der Waals surface area contributed by atoms with Gasteiger partial charge in [0.05, 0.1) is 35.3 Å². The van der Waals surface area contributed by atoms with E-state index < -0.39 is 15.9 Å². The first-order valence-electron chi connectivity index (χ1n) is 8.83. The van der Waals surface area contributed by atoms with E-state index in [1.54, 1.807) is 30.5 Å². The number of nitrogens with one attached hydrogen (secondary N) is 2. The van der Waals surface area contributed by atoms with Gasteiger partial charge in [-0.25, -0.2) is 23.1 Å². The van der Waals surface area contributed by atoms with Crippen molar-refractivity contribution >= 4 is 27.4 Å². The van der Waals surface area contributed by atoms with Gasteiger partial charge in [-0.2, -0.15) is 0 Å². The van der Waals surface area contributed by atoms with Crippen molar-refractivity contribution < 1.29 is 17.9 Å². The zero-order valence-electron chi connectivity index (χ0n) is 16.1. The molecule has 11 heteroatoms. The molecule has 4 N–H and O–H groups in total. The molecule has 2 aromatic heterocycles. The monoisotopic (exact) mass is 428 g/mol. The molecule has 0 radical (unpaired) electrons. The molecule has 0 fully saturated rings. The SMILES string of the molecule is COCCNS(=O)(=O)c1ccc(-c2cnc(N)c(C(=O)Nc3cccnc3)n2)cc1. The molecule has 0 aliphatic rings. The van der Waals surface area contributed by atoms with E-state index in [1.165, 1.54) is 31.6 Å². The summed E-state index contributed by atoms with van der Waals surface area (Å²) in [6, 6.07) is 9.40. The Morgan fingerprint density at radius 1 is 1.17 bits per heavy atom. The van der Waals surface area contributed by atoms with Gasteiger partial charge in [0.25, 0.3) is 5.91 Å². The Balaban J connectivity index is 1.81. The Kier molecular flexibility index (Phi) is 6.67. The summed E-state index contributed by atoms with van der Waals surface area (Å²) in [5.41, 5.74) is 7.21. The topological polar surface area (TPSA) is 149 Å². The van der Waals surface area contributed by atoms with Crippen LogP contribution >= 0.6 is 0 Å². The lowest BCUT2D eigenvalue weighted by Gasteiger charge is -2.09. The second-order valence-electron chi connectivity index (χ2n) is 6.10. The van der Waals surface area contributed by atoms with Gasteiger partial charge >= 0.3 is 0 Å². The lowest BCUT2D eigenvalue weighted by molar-refractivity contribution is 0.102. The molecule has 30 heavy (non-hydrogen) atoms. The standard InChI is InChI=1S/C19H20N6O4S/c1-29-10-9-23-30(27,28)15-6-4-13(5-7-15)16-12-22-18(20)17(25-16)19(26)24-14-3-2-8-21-11-14/h2-8,11-12,23H,9-10H2,1H3,(H2,20,22)(H,24,26). The Hall–Kier alpha value is -3.41. The summed E-state index contributed by atoms with van der Waals surface area (Å²) in [5.74, 6) is -0.557. The van der Waals surface area contributed by atoms with Gasteiger partial charge in [0.1, 0.15) is 0 Å². The van der Waals surface area contributed by atoms with Crippen LogP contribution in [0.15, 0.2) is 59.9 Å². The van der Waals surface area contributed by atoms with Crippen molar-refractivity contribution in [3.8, 4) is 11.3 Å². The van der Waals surface area contributed by atoms with Gasteiger partial charge in [0.15, 0.2) is 11.5 Å². The number of hydrogen-bond donors (Lipinski definition) is 3. The molecular formula is C19H20N6O4S. The number of benzene rings is 1. The number of pyridine rings is 1. The number of ether oxygens (including phenoxy) is 1. The number of rotatable bonds is 8. The number of aromatic nitrogens is 3. The number of carbonyl (C=O) groups is 1. The fourth-order valence-electron chi connectivity index (χ4n) is 2.50. The molecule has 3 aromatic rings. The molecule has 0 saturated carbocycles. The lowest BCUT2D eigenvalue weighted by Crippen LogP contribution is -2.27. The van der Waals surface area contributed by atoms with Gasteiger partial charge in [-0.15, -0.1) is 0 Å². The van der Waals surface area contributed by atoms with Crippen molar-refractivity contribution in [3.05, 3.63) is 60.7 Å². The smallest absolute Gasteiger partial charge is 0.278 e. The highest BCUT2D eigenvalue weighted by Crippen LogP contribution is 2.21. The molecule has 10 nitrogen and oxygen atoms in total. The van der Waals surface area contributed by atoms with Crippen molar-refractivity contribution in [2.45, 2.75) is 4.90 Å². The molecular weight excluding hydrogens is 408 g/mol. The summed E-state index contributed by atoms with van der Waals surface area (Å²) < 4.78 is 31.8. The van der Waals surface area contributed by atoms with E-state index in [0.29, 0.717) is 16.9 Å². The summed E-state index contributed by atoms with van der Waals surface area (Å²) in [7, 11) is -2.16. The molecule has 0 aliphatic heterocycles. The van der Waals surface area contributed by atoms with Gasteiger partial charge in [-0.05, 0) is 24.3 Å². The number of nitrogens with two attached hydrogens (primary N) is 1. The van der Waals surface area contributed by atoms with Crippen LogP contribution in [0.25, 0.3) is 11.3 Å². The van der Waals surface area contributed by atoms with E-state index in [0.717, 1.165) is 0 Å². The average Bonchev–Trinajstić information content (AvgIpc) is 2.75. The highest BCUT2D eigenvalue weighted by molar-refractivity contribution is 7.89. The van der Waals surface area contributed by atoms with Gasteiger partial charge in [-0.3, -0.25) is 9.78 Å². The third-order valence-electron chi connectivity index (χ3n) is 3.99. The number of amides is 1. The number of anilines is 2. The number of carbonyl (C=O) groups excluding carboxylic acids is 1. The summed E-state index contributed by atoms with van der Waals surface area (Å²) in [6.07, 6.45) is 4.49. The maximum atomic E-state index is 12.5. The first kappa shape index (κ1) is 21.3. The van der Waals surface area contributed by atoms with E-state index in [-0.39, 0.29) is 29.6 Å². The first-order chi connectivity index (χ1) is 14.4. The highest BCUT2D eigenvalue weighted by atomic mass is 32.2. The molecule has 156 valence electrons. The van der Waals surface area contributed by atoms with Crippen LogP contribution in [0.3, 0.4) is 0 Å². The van der Waals surface area contributed by atoms with E-state index in [1.807, 2.05) is 0 Å². The van der Waals surface area contributed by atoms with Gasteiger partial charge in [0.2, 0.25) is 10.0 Å². The number of hydrogen-bond acceptors (Lipinski definition) is 8. The van der Waals surface area contributed by atoms with Crippen LogP contribution in [0, 0.1) is 0 Å². The summed E-state index contributed by atoms with van der Waals surface area (Å²) in [4.78, 5) is 24.9. The second kappa shape index (κ2) is 9.39. The Morgan fingerprint density at radius 2 is 1.93 bits per heavy atom. The van der Waals surface area contributed by atoms with E-state index in [4.69, 9.17) is 10.5 Å². The normalized spacial score (nSPS) is 11.2. The summed E-state index contributed by atoms with van der Waals surface area (Å²) in [6.45, 7) is 0.432. The Labute approximate surface area is 173 Å². The molecule has 0 unspecified atom stereocenters. The van der Waals surface area contributed by atoms with Crippen molar-refractivity contribution in [1.82, 2.24) is 19.7 Å². The fourth-order valence-corrected chi connectivity index (χ4v) is 3.51. The molecule has 0 atom stereocenters. The van der Waals surface area contributed by atoms with Gasteiger partial charge in [0, 0.05) is 25.4 Å². The number of methoxy groups -OCH3 is 1. The van der Waals surface area contributed by atoms with Crippen LogP contribution in [0.5, 0.6) is 0 Å². The Bertz CT molecular complexity index is 1120. The predicted octanol–water partition coefficient (Wildman–Crippen LogP) is 1.30. The van der Waals surface area contributed by atoms with Crippen LogP contribution < -0.4 is 15.8 Å². The third kappa shape index (κ3) is 5.14. The zero-order chi connectivity index (χ0) is 21.6. The largest absolute Gasteiger partial charge is 0.383 e. The van der Waals surface area contributed by atoms with Crippen molar-refractivity contribution in [2.24, 2.45) is 0 Å². The minimum atomic E-state index is -3.65. The van der Waals surface area contributed by atoms with Crippen molar-refractivity contribution in [3.63, 3.8) is 0 Å². The molecule has 1 amide bonds. The van der Waals surface area contributed by atoms with E-state index >= 15 is 0 Å².